The van der Waals surface area contributed by atoms with Gasteiger partial charge in [0.25, 0.3) is 0 Å². The molecule has 1 heterocycles. The van der Waals surface area contributed by atoms with Gasteiger partial charge < -0.3 is 5.32 Å². The SMILES string of the molecule is CCCC1CN(CCCSCC)C(C)CN1. The molecule has 3 heteroatoms. The van der Waals surface area contributed by atoms with Crippen LogP contribution in [-0.2, 0) is 0 Å². The molecular formula is C13H28N2S. The minimum absolute atomic E-state index is 0.722. The fraction of sp³-hybridized carbons (Fsp3) is 1.00. The van der Waals surface area contributed by atoms with E-state index in [4.69, 9.17) is 0 Å². The number of piperazine rings is 1. The van der Waals surface area contributed by atoms with E-state index in [1.54, 1.807) is 0 Å². The van der Waals surface area contributed by atoms with Crippen LogP contribution in [0.2, 0.25) is 0 Å². The van der Waals surface area contributed by atoms with Crippen molar-refractivity contribution >= 4 is 11.8 Å². The second-order valence-corrected chi connectivity index (χ2v) is 6.18. The lowest BCUT2D eigenvalue weighted by atomic mass is 10.1. The summed E-state index contributed by atoms with van der Waals surface area (Å²) in [5.74, 6) is 2.58. The summed E-state index contributed by atoms with van der Waals surface area (Å²) in [6, 6.07) is 1.46. The van der Waals surface area contributed by atoms with Gasteiger partial charge in [-0.05, 0) is 37.8 Å². The highest BCUT2D eigenvalue weighted by molar-refractivity contribution is 7.99. The van der Waals surface area contributed by atoms with Crippen molar-refractivity contribution in [3.8, 4) is 0 Å². The number of nitrogens with one attached hydrogen (secondary N) is 1. The fourth-order valence-corrected chi connectivity index (χ4v) is 2.98. The average molecular weight is 244 g/mol. The first-order valence-corrected chi connectivity index (χ1v) is 7.98. The molecule has 1 aliphatic heterocycles. The maximum absolute atomic E-state index is 3.65. The highest BCUT2D eigenvalue weighted by Crippen LogP contribution is 2.12. The van der Waals surface area contributed by atoms with Crippen LogP contribution in [0.25, 0.3) is 0 Å². The van der Waals surface area contributed by atoms with Crippen molar-refractivity contribution in [2.24, 2.45) is 0 Å². The zero-order chi connectivity index (χ0) is 11.8. The summed E-state index contributed by atoms with van der Waals surface area (Å²) >= 11 is 2.07. The molecule has 2 unspecified atom stereocenters. The summed E-state index contributed by atoms with van der Waals surface area (Å²) in [5.41, 5.74) is 0. The topological polar surface area (TPSA) is 15.3 Å². The largest absolute Gasteiger partial charge is 0.311 e. The second-order valence-electron chi connectivity index (χ2n) is 4.79. The molecule has 1 saturated heterocycles. The number of nitrogens with zero attached hydrogens (tertiary/aromatic N) is 1. The summed E-state index contributed by atoms with van der Waals surface area (Å²) in [6.45, 7) is 10.6. The Hall–Kier alpha value is 0.270. The van der Waals surface area contributed by atoms with E-state index in [1.165, 1.54) is 50.4 Å². The van der Waals surface area contributed by atoms with Gasteiger partial charge in [0.1, 0.15) is 0 Å². The maximum atomic E-state index is 3.65. The van der Waals surface area contributed by atoms with E-state index in [2.05, 4.69) is 42.7 Å². The Bertz CT molecular complexity index is 175. The maximum Gasteiger partial charge on any atom is 0.0195 e. The molecule has 0 aromatic heterocycles. The van der Waals surface area contributed by atoms with Crippen LogP contribution in [0, 0.1) is 0 Å². The van der Waals surface area contributed by atoms with Crippen molar-refractivity contribution in [3.63, 3.8) is 0 Å². The third-order valence-corrected chi connectivity index (χ3v) is 4.34. The minimum Gasteiger partial charge on any atom is -0.311 e. The fourth-order valence-electron chi connectivity index (χ4n) is 2.36. The molecule has 96 valence electrons. The third-order valence-electron chi connectivity index (χ3n) is 3.36. The van der Waals surface area contributed by atoms with Crippen LogP contribution < -0.4 is 5.32 Å². The van der Waals surface area contributed by atoms with Crippen LogP contribution in [0.15, 0.2) is 0 Å². The van der Waals surface area contributed by atoms with Gasteiger partial charge in [-0.3, -0.25) is 4.90 Å². The van der Waals surface area contributed by atoms with E-state index in [0.717, 1.165) is 12.1 Å². The Morgan fingerprint density at radius 3 is 2.88 bits per heavy atom. The summed E-state index contributed by atoms with van der Waals surface area (Å²) in [5, 5.41) is 3.65. The number of rotatable bonds is 7. The molecule has 2 nitrogen and oxygen atoms in total. The standard InChI is InChI=1S/C13H28N2S/c1-4-7-13-11-15(12(3)10-14-13)8-6-9-16-5-2/h12-14H,4-11H2,1-3H3. The van der Waals surface area contributed by atoms with Gasteiger partial charge in [0, 0.05) is 25.2 Å². The second kappa shape index (κ2) is 8.37. The molecule has 1 fully saturated rings. The van der Waals surface area contributed by atoms with Crippen LogP contribution in [0.1, 0.15) is 40.0 Å². The van der Waals surface area contributed by atoms with Gasteiger partial charge in [0.2, 0.25) is 0 Å². The van der Waals surface area contributed by atoms with Crippen molar-refractivity contribution in [2.75, 3.05) is 31.1 Å². The zero-order valence-electron chi connectivity index (χ0n) is 11.2. The van der Waals surface area contributed by atoms with E-state index in [1.807, 2.05) is 0 Å². The normalized spacial score (nSPS) is 27.2. The quantitative estimate of drug-likeness (QED) is 0.693. The minimum atomic E-state index is 0.722. The summed E-state index contributed by atoms with van der Waals surface area (Å²) < 4.78 is 0. The highest BCUT2D eigenvalue weighted by Gasteiger charge is 2.23. The summed E-state index contributed by atoms with van der Waals surface area (Å²) in [7, 11) is 0. The van der Waals surface area contributed by atoms with Crippen LogP contribution in [0.4, 0.5) is 0 Å². The van der Waals surface area contributed by atoms with Gasteiger partial charge in [-0.2, -0.15) is 11.8 Å². The van der Waals surface area contributed by atoms with Crippen molar-refractivity contribution in [1.29, 1.82) is 0 Å². The van der Waals surface area contributed by atoms with Crippen molar-refractivity contribution in [2.45, 2.75) is 52.1 Å². The van der Waals surface area contributed by atoms with Crippen LogP contribution >= 0.6 is 11.8 Å². The first-order valence-electron chi connectivity index (χ1n) is 6.83. The Balaban J connectivity index is 2.21. The average Bonchev–Trinajstić information content (AvgIpc) is 2.29. The Kier molecular flexibility index (Phi) is 7.50. The van der Waals surface area contributed by atoms with E-state index < -0.39 is 0 Å². The van der Waals surface area contributed by atoms with Crippen LogP contribution in [0.3, 0.4) is 0 Å². The summed E-state index contributed by atoms with van der Waals surface area (Å²) in [4.78, 5) is 2.67. The monoisotopic (exact) mass is 244 g/mol. The molecule has 1 N–H and O–H groups in total. The number of hydrogen-bond acceptors (Lipinski definition) is 3. The predicted molar refractivity (Wildman–Crippen MR) is 75.3 cm³/mol. The zero-order valence-corrected chi connectivity index (χ0v) is 12.0. The first kappa shape index (κ1) is 14.3. The molecule has 0 bridgehead atoms. The Morgan fingerprint density at radius 1 is 1.38 bits per heavy atom. The van der Waals surface area contributed by atoms with Gasteiger partial charge in [-0.1, -0.05) is 20.3 Å². The Labute approximate surface area is 106 Å². The molecule has 0 aromatic rings. The molecule has 0 saturated carbocycles. The molecule has 1 aliphatic rings. The van der Waals surface area contributed by atoms with Crippen molar-refractivity contribution < 1.29 is 0 Å². The molecule has 0 radical (unpaired) electrons. The van der Waals surface area contributed by atoms with Crippen LogP contribution in [-0.4, -0.2) is 48.1 Å². The van der Waals surface area contributed by atoms with Gasteiger partial charge in [-0.15, -0.1) is 0 Å². The molecule has 0 spiro atoms. The number of hydrogen-bond donors (Lipinski definition) is 1. The van der Waals surface area contributed by atoms with Gasteiger partial charge in [0.15, 0.2) is 0 Å². The lowest BCUT2D eigenvalue weighted by molar-refractivity contribution is 0.137. The van der Waals surface area contributed by atoms with E-state index in [0.29, 0.717) is 0 Å². The Morgan fingerprint density at radius 2 is 2.19 bits per heavy atom. The molecule has 0 aromatic carbocycles. The van der Waals surface area contributed by atoms with Gasteiger partial charge >= 0.3 is 0 Å². The third kappa shape index (κ3) is 5.07. The molecular weight excluding hydrogens is 216 g/mol. The summed E-state index contributed by atoms with van der Waals surface area (Å²) in [6.07, 6.45) is 3.97. The lowest BCUT2D eigenvalue weighted by Gasteiger charge is -2.38. The molecule has 16 heavy (non-hydrogen) atoms. The smallest absolute Gasteiger partial charge is 0.0195 e. The predicted octanol–water partition coefficient (Wildman–Crippen LogP) is 2.59. The van der Waals surface area contributed by atoms with Gasteiger partial charge in [0.05, 0.1) is 0 Å². The molecule has 2 atom stereocenters. The first-order chi connectivity index (χ1) is 7.77. The lowest BCUT2D eigenvalue weighted by Crippen LogP contribution is -2.55. The molecule has 1 rings (SSSR count). The van der Waals surface area contributed by atoms with Crippen LogP contribution in [0.5, 0.6) is 0 Å². The molecule has 0 aliphatic carbocycles. The number of thioether (sulfide) groups is 1. The van der Waals surface area contributed by atoms with Gasteiger partial charge in [-0.25, -0.2) is 0 Å². The van der Waals surface area contributed by atoms with E-state index >= 15 is 0 Å². The van der Waals surface area contributed by atoms with E-state index in [9.17, 15) is 0 Å². The highest BCUT2D eigenvalue weighted by atomic mass is 32.2. The molecule has 0 amide bonds. The van der Waals surface area contributed by atoms with Crippen molar-refractivity contribution in [3.05, 3.63) is 0 Å². The van der Waals surface area contributed by atoms with Crippen molar-refractivity contribution in [1.82, 2.24) is 10.2 Å². The van der Waals surface area contributed by atoms with E-state index in [-0.39, 0.29) is 0 Å².